The van der Waals surface area contributed by atoms with Crippen LogP contribution in [-0.4, -0.2) is 19.1 Å². The molecule has 4 heteroatoms. The smallest absolute Gasteiger partial charge is 0.160 e. The number of aromatic nitrogens is 4. The molecule has 13 rings (SSSR count). The Morgan fingerprint density at radius 1 is 0.306 bits per heavy atom. The summed E-state index contributed by atoms with van der Waals surface area (Å²) in [6.07, 6.45) is 0. The van der Waals surface area contributed by atoms with Crippen molar-refractivity contribution in [2.45, 2.75) is 0 Å². The molecule has 0 spiro atoms. The molecule has 0 unspecified atom stereocenters. The lowest BCUT2D eigenvalue weighted by Crippen LogP contribution is -1.98. The average molecular weight is 789 g/mol. The Bertz CT molecular complexity index is 3900. The predicted octanol–water partition coefficient (Wildman–Crippen LogP) is 15.1. The van der Waals surface area contributed by atoms with Crippen LogP contribution in [0, 0.1) is 0 Å². The van der Waals surface area contributed by atoms with Gasteiger partial charge in [0.15, 0.2) is 5.82 Å². The molecule has 0 saturated heterocycles. The minimum Gasteiger partial charge on any atom is -0.309 e. The van der Waals surface area contributed by atoms with Gasteiger partial charge in [0.05, 0.1) is 39.0 Å². The number of hydrogen-bond donors (Lipinski definition) is 0. The molecule has 10 aromatic carbocycles. The van der Waals surface area contributed by atoms with Crippen molar-refractivity contribution in [1.29, 1.82) is 0 Å². The van der Waals surface area contributed by atoms with Crippen LogP contribution >= 0.6 is 0 Å². The predicted molar refractivity (Wildman–Crippen MR) is 260 cm³/mol. The Morgan fingerprint density at radius 2 is 0.968 bits per heavy atom. The third-order valence-corrected chi connectivity index (χ3v) is 12.7. The molecule has 0 radical (unpaired) electrons. The van der Waals surface area contributed by atoms with Crippen LogP contribution in [0.4, 0.5) is 0 Å². The van der Waals surface area contributed by atoms with Crippen LogP contribution in [0.5, 0.6) is 0 Å². The average Bonchev–Trinajstić information content (AvgIpc) is 3.85. The largest absolute Gasteiger partial charge is 0.309 e. The van der Waals surface area contributed by atoms with Gasteiger partial charge >= 0.3 is 0 Å². The molecule has 3 aromatic heterocycles. The molecule has 0 fully saturated rings. The Morgan fingerprint density at radius 3 is 1.77 bits per heavy atom. The topological polar surface area (TPSA) is 35.6 Å². The molecule has 288 valence electrons. The van der Waals surface area contributed by atoms with E-state index in [9.17, 15) is 0 Å². The van der Waals surface area contributed by atoms with Gasteiger partial charge in [-0.25, -0.2) is 9.97 Å². The first kappa shape index (κ1) is 34.5. The number of rotatable bonds is 5. The summed E-state index contributed by atoms with van der Waals surface area (Å²) in [5.74, 6) is 0.720. The zero-order chi connectivity index (χ0) is 40.7. The van der Waals surface area contributed by atoms with Gasteiger partial charge in [0.2, 0.25) is 0 Å². The van der Waals surface area contributed by atoms with Crippen molar-refractivity contribution in [3.05, 3.63) is 218 Å². The summed E-state index contributed by atoms with van der Waals surface area (Å²) >= 11 is 0. The van der Waals surface area contributed by atoms with Crippen LogP contribution in [0.25, 0.3) is 121 Å². The third kappa shape index (κ3) is 5.27. The van der Waals surface area contributed by atoms with E-state index < -0.39 is 0 Å². The Balaban J connectivity index is 1.09. The highest BCUT2D eigenvalue weighted by Crippen LogP contribution is 2.43. The first-order valence-electron chi connectivity index (χ1n) is 21.2. The standard InChI is InChI=1S/C58H36N4/c1-4-17-38(18-5-1)57-48-33-40(28-30-50(48)59-58(60-57)39-19-6-2-7-20-39)42-32-41-21-11-12-24-44(41)53(34-42)62-51-27-15-14-26-46(51)47-35-49-55(36-54(47)62)61(43-22-8-3-9-23-43)52-31-29-37-16-10-13-25-45(37)56(49)52/h1-36H. The van der Waals surface area contributed by atoms with E-state index in [2.05, 4.69) is 209 Å². The maximum atomic E-state index is 5.22. The molecule has 0 aliphatic rings. The summed E-state index contributed by atoms with van der Waals surface area (Å²) < 4.78 is 4.94. The summed E-state index contributed by atoms with van der Waals surface area (Å²) in [7, 11) is 0. The Labute approximate surface area is 357 Å². The zero-order valence-electron chi connectivity index (χ0n) is 33.6. The fraction of sp³-hybridized carbons (Fsp3) is 0. The van der Waals surface area contributed by atoms with Gasteiger partial charge in [0.25, 0.3) is 0 Å². The quantitative estimate of drug-likeness (QED) is 0.174. The Kier molecular flexibility index (Phi) is 7.57. The van der Waals surface area contributed by atoms with Gasteiger partial charge < -0.3 is 9.13 Å². The minimum atomic E-state index is 0.720. The van der Waals surface area contributed by atoms with Crippen LogP contribution in [0.1, 0.15) is 0 Å². The lowest BCUT2D eigenvalue weighted by Gasteiger charge is -2.16. The molecule has 0 atom stereocenters. The third-order valence-electron chi connectivity index (χ3n) is 12.7. The van der Waals surface area contributed by atoms with Crippen LogP contribution in [0.15, 0.2) is 218 Å². The van der Waals surface area contributed by atoms with Gasteiger partial charge in [-0.2, -0.15) is 0 Å². The van der Waals surface area contributed by atoms with Gasteiger partial charge in [-0.15, -0.1) is 0 Å². The van der Waals surface area contributed by atoms with Crippen LogP contribution in [0.3, 0.4) is 0 Å². The molecule has 0 amide bonds. The van der Waals surface area contributed by atoms with Gasteiger partial charge in [-0.1, -0.05) is 158 Å². The summed E-state index contributed by atoms with van der Waals surface area (Å²) in [5.41, 5.74) is 13.1. The highest BCUT2D eigenvalue weighted by molar-refractivity contribution is 6.25. The fourth-order valence-electron chi connectivity index (χ4n) is 9.85. The van der Waals surface area contributed by atoms with Crippen LogP contribution in [0.2, 0.25) is 0 Å². The van der Waals surface area contributed by atoms with E-state index >= 15 is 0 Å². The Hall–Kier alpha value is -8.34. The molecule has 0 bridgehead atoms. The maximum Gasteiger partial charge on any atom is 0.160 e. The van der Waals surface area contributed by atoms with E-state index in [1.807, 2.05) is 18.2 Å². The van der Waals surface area contributed by atoms with Crippen molar-refractivity contribution in [3.63, 3.8) is 0 Å². The fourth-order valence-corrected chi connectivity index (χ4v) is 9.85. The molecular formula is C58H36N4. The summed E-state index contributed by atoms with van der Waals surface area (Å²) in [6, 6.07) is 78.7. The summed E-state index contributed by atoms with van der Waals surface area (Å²) in [6.45, 7) is 0. The molecule has 3 heterocycles. The van der Waals surface area contributed by atoms with Crippen molar-refractivity contribution in [1.82, 2.24) is 19.1 Å². The summed E-state index contributed by atoms with van der Waals surface area (Å²) in [4.78, 5) is 10.3. The molecule has 4 nitrogen and oxygen atoms in total. The van der Waals surface area contributed by atoms with Crippen LogP contribution in [-0.2, 0) is 0 Å². The van der Waals surface area contributed by atoms with E-state index in [4.69, 9.17) is 9.97 Å². The van der Waals surface area contributed by atoms with E-state index in [1.165, 1.54) is 59.6 Å². The highest BCUT2D eigenvalue weighted by atomic mass is 15.0. The second-order valence-corrected chi connectivity index (χ2v) is 16.2. The number of nitrogens with zero attached hydrogens (tertiary/aromatic N) is 4. The van der Waals surface area contributed by atoms with Gasteiger partial charge in [0, 0.05) is 49.1 Å². The van der Waals surface area contributed by atoms with E-state index in [-0.39, 0.29) is 0 Å². The molecule has 0 aliphatic carbocycles. The van der Waals surface area contributed by atoms with Crippen molar-refractivity contribution in [2.24, 2.45) is 0 Å². The van der Waals surface area contributed by atoms with Gasteiger partial charge in [-0.05, 0) is 87.9 Å². The molecule has 0 N–H and O–H groups in total. The lowest BCUT2D eigenvalue weighted by atomic mass is 9.96. The second kappa shape index (κ2) is 13.6. The SMILES string of the molecule is c1ccc(-c2nc(-c3ccccc3)c3cc(-c4cc(-n5c6ccccc6c6cc7c8c9ccccc9ccc8n(-c8ccccc8)c7cc65)c5ccccc5c4)ccc3n2)cc1. The normalized spacial score (nSPS) is 11.9. The first-order chi connectivity index (χ1) is 30.7. The van der Waals surface area contributed by atoms with Gasteiger partial charge in [-0.3, -0.25) is 0 Å². The van der Waals surface area contributed by atoms with E-state index in [0.717, 1.165) is 61.6 Å². The second-order valence-electron chi connectivity index (χ2n) is 16.2. The highest BCUT2D eigenvalue weighted by Gasteiger charge is 2.21. The molecule has 62 heavy (non-hydrogen) atoms. The van der Waals surface area contributed by atoms with Crippen molar-refractivity contribution < 1.29 is 0 Å². The van der Waals surface area contributed by atoms with Crippen molar-refractivity contribution in [2.75, 3.05) is 0 Å². The van der Waals surface area contributed by atoms with Crippen LogP contribution < -0.4 is 0 Å². The molecule has 0 saturated carbocycles. The number of hydrogen-bond acceptors (Lipinski definition) is 2. The van der Waals surface area contributed by atoms with Crippen molar-refractivity contribution >= 4 is 76.1 Å². The monoisotopic (exact) mass is 788 g/mol. The van der Waals surface area contributed by atoms with E-state index in [1.54, 1.807) is 0 Å². The maximum absolute atomic E-state index is 5.22. The van der Waals surface area contributed by atoms with Crippen molar-refractivity contribution in [3.8, 4) is 45.1 Å². The number of para-hydroxylation sites is 2. The molecule has 0 aliphatic heterocycles. The molecular weight excluding hydrogens is 753 g/mol. The minimum absolute atomic E-state index is 0.720. The van der Waals surface area contributed by atoms with E-state index in [0.29, 0.717) is 0 Å². The first-order valence-corrected chi connectivity index (χ1v) is 21.2. The summed E-state index contributed by atoms with van der Waals surface area (Å²) in [5, 5.41) is 10.9. The zero-order valence-corrected chi connectivity index (χ0v) is 33.6. The molecule has 13 aromatic rings. The lowest BCUT2D eigenvalue weighted by molar-refractivity contribution is 1.17. The number of benzene rings is 10. The number of fused-ring (bicyclic) bond motifs is 10. The van der Waals surface area contributed by atoms with Gasteiger partial charge in [0.1, 0.15) is 0 Å².